The van der Waals surface area contributed by atoms with Crippen molar-refractivity contribution in [1.82, 2.24) is 20.0 Å². The molecule has 7 nitrogen and oxygen atoms in total. The van der Waals surface area contributed by atoms with Crippen LogP contribution in [0.5, 0.6) is 0 Å². The smallest absolute Gasteiger partial charge is 0.230 e. The third-order valence-electron chi connectivity index (χ3n) is 6.59. The number of nitrogens with one attached hydrogen (secondary N) is 1. The molecule has 7 heteroatoms. The Morgan fingerprint density at radius 3 is 3.03 bits per heavy atom. The number of aromatic amines is 1. The SMILES string of the molecule is Cc1cccc(CN2C[C@]34C=C[C@H](O3)[C@@H](C(=O)N(C)CCc3cn[nH]c3)[C@@H]4C2=O)c1. The van der Waals surface area contributed by atoms with E-state index in [9.17, 15) is 9.59 Å². The first-order chi connectivity index (χ1) is 14.5. The van der Waals surface area contributed by atoms with E-state index in [1.54, 1.807) is 18.1 Å². The van der Waals surface area contributed by atoms with Crippen LogP contribution in [0, 0.1) is 18.8 Å². The number of aromatic nitrogens is 2. The molecule has 4 atom stereocenters. The lowest BCUT2D eigenvalue weighted by molar-refractivity contribution is -0.142. The van der Waals surface area contributed by atoms with Crippen molar-refractivity contribution in [3.63, 3.8) is 0 Å². The van der Waals surface area contributed by atoms with Crippen LogP contribution in [0.1, 0.15) is 16.7 Å². The Kier molecular flexibility index (Phi) is 4.50. The van der Waals surface area contributed by atoms with Crippen LogP contribution in [0.15, 0.2) is 48.8 Å². The fraction of sp³-hybridized carbons (Fsp3) is 0.435. The second-order valence-electron chi connectivity index (χ2n) is 8.70. The topological polar surface area (TPSA) is 78.5 Å². The zero-order chi connectivity index (χ0) is 20.9. The lowest BCUT2D eigenvalue weighted by Crippen LogP contribution is -2.45. The number of hydrogen-bond acceptors (Lipinski definition) is 4. The van der Waals surface area contributed by atoms with Gasteiger partial charge in [-0.25, -0.2) is 0 Å². The summed E-state index contributed by atoms with van der Waals surface area (Å²) in [5.74, 6) is -0.907. The number of benzene rings is 1. The van der Waals surface area contributed by atoms with Crippen molar-refractivity contribution in [2.45, 2.75) is 31.6 Å². The van der Waals surface area contributed by atoms with Gasteiger partial charge < -0.3 is 14.5 Å². The average molecular weight is 406 g/mol. The predicted octanol–water partition coefficient (Wildman–Crippen LogP) is 1.70. The summed E-state index contributed by atoms with van der Waals surface area (Å²) in [7, 11) is 1.80. The molecule has 2 aromatic rings. The molecular formula is C23H26N4O3. The van der Waals surface area contributed by atoms with Crippen molar-refractivity contribution in [1.29, 1.82) is 0 Å². The van der Waals surface area contributed by atoms with E-state index in [0.717, 1.165) is 17.5 Å². The Bertz CT molecular complexity index is 1000. The van der Waals surface area contributed by atoms with Crippen molar-refractivity contribution >= 4 is 11.8 Å². The van der Waals surface area contributed by atoms with Crippen LogP contribution < -0.4 is 0 Å². The summed E-state index contributed by atoms with van der Waals surface area (Å²) in [4.78, 5) is 30.2. The summed E-state index contributed by atoms with van der Waals surface area (Å²) >= 11 is 0. The van der Waals surface area contributed by atoms with E-state index in [-0.39, 0.29) is 17.9 Å². The average Bonchev–Trinajstić information content (AvgIpc) is 3.49. The normalized spacial score (nSPS) is 28.9. The van der Waals surface area contributed by atoms with Gasteiger partial charge in [0.2, 0.25) is 11.8 Å². The summed E-state index contributed by atoms with van der Waals surface area (Å²) in [6.07, 6.45) is 7.97. The number of fused-ring (bicyclic) bond motifs is 1. The van der Waals surface area contributed by atoms with Gasteiger partial charge in [0, 0.05) is 26.3 Å². The molecule has 3 aliphatic rings. The molecule has 2 amide bonds. The third-order valence-corrected chi connectivity index (χ3v) is 6.59. The highest BCUT2D eigenvalue weighted by molar-refractivity contribution is 5.93. The van der Waals surface area contributed by atoms with Crippen LogP contribution in [0.3, 0.4) is 0 Å². The van der Waals surface area contributed by atoms with E-state index in [2.05, 4.69) is 16.3 Å². The van der Waals surface area contributed by atoms with Crippen molar-refractivity contribution < 1.29 is 14.3 Å². The molecule has 3 aliphatic heterocycles. The van der Waals surface area contributed by atoms with Gasteiger partial charge in [0.15, 0.2) is 0 Å². The highest BCUT2D eigenvalue weighted by Crippen LogP contribution is 2.52. The number of carbonyl (C=O) groups is 2. The van der Waals surface area contributed by atoms with Crippen molar-refractivity contribution in [3.8, 4) is 0 Å². The number of ether oxygens (including phenoxy) is 1. The van der Waals surface area contributed by atoms with Gasteiger partial charge in [-0.2, -0.15) is 5.10 Å². The number of likely N-dealkylation sites (tertiary alicyclic amines) is 1. The number of amides is 2. The molecule has 0 unspecified atom stereocenters. The number of carbonyl (C=O) groups excluding carboxylic acids is 2. The minimum Gasteiger partial charge on any atom is -0.360 e. The summed E-state index contributed by atoms with van der Waals surface area (Å²) in [5, 5.41) is 6.74. The largest absolute Gasteiger partial charge is 0.360 e. The molecule has 4 heterocycles. The van der Waals surface area contributed by atoms with Gasteiger partial charge in [-0.15, -0.1) is 0 Å². The summed E-state index contributed by atoms with van der Waals surface area (Å²) < 4.78 is 6.24. The Labute approximate surface area is 175 Å². The summed E-state index contributed by atoms with van der Waals surface area (Å²) in [6.45, 7) is 3.66. The Morgan fingerprint density at radius 2 is 2.27 bits per heavy atom. The number of rotatable bonds is 6. The zero-order valence-electron chi connectivity index (χ0n) is 17.2. The molecule has 0 aliphatic carbocycles. The molecule has 1 aromatic carbocycles. The zero-order valence-corrected chi connectivity index (χ0v) is 17.2. The predicted molar refractivity (Wildman–Crippen MR) is 110 cm³/mol. The lowest BCUT2D eigenvalue weighted by atomic mass is 9.76. The fourth-order valence-corrected chi connectivity index (χ4v) is 5.10. The van der Waals surface area contributed by atoms with Gasteiger partial charge in [-0.05, 0) is 24.5 Å². The quantitative estimate of drug-likeness (QED) is 0.741. The van der Waals surface area contributed by atoms with Crippen LogP contribution in [-0.2, 0) is 27.3 Å². The number of nitrogens with zero attached hydrogens (tertiary/aromatic N) is 3. The first-order valence-corrected chi connectivity index (χ1v) is 10.4. The maximum atomic E-state index is 13.4. The van der Waals surface area contributed by atoms with Crippen LogP contribution in [0.4, 0.5) is 0 Å². The minimum absolute atomic E-state index is 0.0185. The van der Waals surface area contributed by atoms with Gasteiger partial charge in [0.25, 0.3) is 0 Å². The van der Waals surface area contributed by atoms with Gasteiger partial charge in [-0.1, -0.05) is 42.0 Å². The Hall–Kier alpha value is -2.93. The fourth-order valence-electron chi connectivity index (χ4n) is 5.10. The molecule has 2 fully saturated rings. The van der Waals surface area contributed by atoms with Gasteiger partial charge in [0.05, 0.1) is 30.7 Å². The molecule has 1 spiro atoms. The van der Waals surface area contributed by atoms with Gasteiger partial charge in [0.1, 0.15) is 5.60 Å². The first kappa shape index (κ1) is 19.1. The number of H-pyrrole nitrogens is 1. The van der Waals surface area contributed by atoms with E-state index in [0.29, 0.717) is 19.6 Å². The molecule has 0 radical (unpaired) electrons. The van der Waals surface area contributed by atoms with Crippen LogP contribution in [0.2, 0.25) is 0 Å². The van der Waals surface area contributed by atoms with Crippen LogP contribution in [0.25, 0.3) is 0 Å². The summed E-state index contributed by atoms with van der Waals surface area (Å²) in [5.41, 5.74) is 2.65. The lowest BCUT2D eigenvalue weighted by Gasteiger charge is -2.27. The standard InChI is InChI=1S/C23H26N4O3/c1-15-4-3-5-16(10-15)13-27-14-23-8-6-18(30-23)19(20(23)22(27)29)21(28)26(2)9-7-17-11-24-25-12-17/h3-6,8,10-12,18-20H,7,9,13-14H2,1-2H3,(H,24,25)/t18-,19+,20+,23-/m0/s1. The molecule has 0 saturated carbocycles. The maximum Gasteiger partial charge on any atom is 0.230 e. The maximum absolute atomic E-state index is 13.4. The van der Waals surface area contributed by atoms with E-state index >= 15 is 0 Å². The summed E-state index contributed by atoms with van der Waals surface area (Å²) in [6, 6.07) is 8.18. The van der Waals surface area contributed by atoms with E-state index in [1.807, 2.05) is 48.4 Å². The Morgan fingerprint density at radius 1 is 1.40 bits per heavy atom. The van der Waals surface area contributed by atoms with Crippen LogP contribution in [-0.4, -0.2) is 63.7 Å². The monoisotopic (exact) mass is 406 g/mol. The van der Waals surface area contributed by atoms with Crippen molar-refractivity contribution in [2.24, 2.45) is 11.8 Å². The molecule has 30 heavy (non-hydrogen) atoms. The number of hydrogen-bond donors (Lipinski definition) is 1. The molecular weight excluding hydrogens is 380 g/mol. The molecule has 1 N–H and O–H groups in total. The minimum atomic E-state index is -0.669. The third kappa shape index (κ3) is 3.04. The molecule has 1 aromatic heterocycles. The Balaban J connectivity index is 1.32. The van der Waals surface area contributed by atoms with Gasteiger partial charge >= 0.3 is 0 Å². The van der Waals surface area contributed by atoms with E-state index < -0.39 is 17.4 Å². The molecule has 2 saturated heterocycles. The second kappa shape index (κ2) is 7.09. The van der Waals surface area contributed by atoms with Gasteiger partial charge in [-0.3, -0.25) is 14.7 Å². The molecule has 156 valence electrons. The number of likely N-dealkylation sites (N-methyl/N-ethyl adjacent to an activating group) is 1. The first-order valence-electron chi connectivity index (χ1n) is 10.4. The highest BCUT2D eigenvalue weighted by atomic mass is 16.5. The van der Waals surface area contributed by atoms with Crippen molar-refractivity contribution in [3.05, 3.63) is 65.5 Å². The van der Waals surface area contributed by atoms with E-state index in [4.69, 9.17) is 4.74 Å². The second-order valence-corrected chi connectivity index (χ2v) is 8.70. The van der Waals surface area contributed by atoms with E-state index in [1.165, 1.54) is 5.56 Å². The number of aryl methyl sites for hydroxylation is 1. The highest BCUT2D eigenvalue weighted by Gasteiger charge is 2.67. The molecule has 2 bridgehead atoms. The van der Waals surface area contributed by atoms with Crippen molar-refractivity contribution in [2.75, 3.05) is 20.1 Å². The molecule has 5 rings (SSSR count). The van der Waals surface area contributed by atoms with Crippen LogP contribution >= 0.6 is 0 Å².